The zero-order valence-corrected chi connectivity index (χ0v) is 22.4. The molecule has 198 valence electrons. The van der Waals surface area contributed by atoms with Gasteiger partial charge in [-0.05, 0) is 40.7 Å². The third kappa shape index (κ3) is 4.67. The number of carbonyl (C=O) groups is 2. The number of aromatic hydroxyl groups is 1. The molecule has 11 heteroatoms. The van der Waals surface area contributed by atoms with E-state index in [-0.39, 0.29) is 17.7 Å². The number of nitrogens with zero attached hydrogens (tertiary/aromatic N) is 6. The number of ether oxygens (including phenoxy) is 1. The van der Waals surface area contributed by atoms with Gasteiger partial charge in [-0.1, -0.05) is 0 Å². The molecule has 0 atom stereocenters. The second kappa shape index (κ2) is 9.16. The molecule has 11 nitrogen and oxygen atoms in total. The summed E-state index contributed by atoms with van der Waals surface area (Å²) in [7, 11) is 1.81. The predicted octanol–water partition coefficient (Wildman–Crippen LogP) is 3.76. The largest absolute Gasteiger partial charge is 0.504 e. The number of nitrogens with one attached hydrogen (secondary N) is 1. The van der Waals surface area contributed by atoms with E-state index < -0.39 is 5.60 Å². The summed E-state index contributed by atoms with van der Waals surface area (Å²) in [4.78, 5) is 31.8. The van der Waals surface area contributed by atoms with Crippen LogP contribution in [0.5, 0.6) is 5.75 Å². The van der Waals surface area contributed by atoms with E-state index in [9.17, 15) is 14.7 Å². The molecule has 38 heavy (non-hydrogen) atoms. The molecule has 0 unspecified atom stereocenters. The standard InChI is InChI=1S/C27H31N7O4/c1-16-17(2)34-14-18(13-22(35)24(34)28-16)29-25(36)19-7-8-21(20-15-31(6)30-23(19)20)32-9-11-33(12-10-32)26(37)38-27(3,4)5/h7-9,13-15H,10-12H2,1-6H3,(H-,29,35,36)/p+1. The molecular weight excluding hydrogens is 486 g/mol. The van der Waals surface area contributed by atoms with Crippen molar-refractivity contribution < 1.29 is 24.0 Å². The lowest BCUT2D eigenvalue weighted by atomic mass is 10.1. The van der Waals surface area contributed by atoms with E-state index in [0.29, 0.717) is 42.0 Å². The number of hydrogen-bond acceptors (Lipinski definition) is 6. The van der Waals surface area contributed by atoms with E-state index in [0.717, 1.165) is 22.5 Å². The van der Waals surface area contributed by atoms with Gasteiger partial charge in [-0.25, -0.2) is 9.78 Å². The molecule has 0 spiro atoms. The summed E-state index contributed by atoms with van der Waals surface area (Å²) >= 11 is 0. The first-order chi connectivity index (χ1) is 17.9. The zero-order valence-electron chi connectivity index (χ0n) is 22.4. The second-order valence-electron chi connectivity index (χ2n) is 10.5. The van der Waals surface area contributed by atoms with E-state index in [4.69, 9.17) is 4.74 Å². The summed E-state index contributed by atoms with van der Waals surface area (Å²) in [6.45, 7) is 10.8. The fourth-order valence-electron chi connectivity index (χ4n) is 4.58. The molecule has 4 aromatic rings. The summed E-state index contributed by atoms with van der Waals surface area (Å²) in [5.41, 5.74) is 3.90. The Balaban J connectivity index is 1.42. The van der Waals surface area contributed by atoms with Gasteiger partial charge in [0.25, 0.3) is 5.91 Å². The van der Waals surface area contributed by atoms with Gasteiger partial charge < -0.3 is 15.2 Å². The average molecular weight is 519 g/mol. The molecule has 1 aromatic carbocycles. The van der Waals surface area contributed by atoms with Crippen LogP contribution in [0.3, 0.4) is 0 Å². The zero-order chi connectivity index (χ0) is 27.4. The van der Waals surface area contributed by atoms with Crippen LogP contribution in [0.2, 0.25) is 0 Å². The minimum atomic E-state index is -0.548. The highest BCUT2D eigenvalue weighted by Gasteiger charge is 2.29. The molecule has 0 aliphatic carbocycles. The Kier molecular flexibility index (Phi) is 6.09. The minimum Gasteiger partial charge on any atom is -0.504 e. The fourth-order valence-corrected chi connectivity index (χ4v) is 4.58. The fraction of sp³-hybridized carbons (Fsp3) is 0.370. The highest BCUT2D eigenvalue weighted by atomic mass is 16.6. The maximum atomic E-state index is 13.3. The number of anilines is 1. The first-order valence-corrected chi connectivity index (χ1v) is 12.4. The van der Waals surface area contributed by atoms with Gasteiger partial charge in [0.2, 0.25) is 5.69 Å². The number of rotatable bonds is 3. The molecule has 0 fully saturated rings. The van der Waals surface area contributed by atoms with Gasteiger partial charge in [-0.3, -0.25) is 18.8 Å². The number of amides is 2. The molecule has 1 aliphatic rings. The van der Waals surface area contributed by atoms with Crippen LogP contribution in [0.4, 0.5) is 16.2 Å². The van der Waals surface area contributed by atoms with E-state index in [2.05, 4.69) is 20.0 Å². The number of pyridine rings is 1. The van der Waals surface area contributed by atoms with Gasteiger partial charge in [0.15, 0.2) is 24.2 Å². The Morgan fingerprint density at radius 3 is 2.63 bits per heavy atom. The van der Waals surface area contributed by atoms with Crippen LogP contribution >= 0.6 is 0 Å². The van der Waals surface area contributed by atoms with Gasteiger partial charge in [-0.15, -0.1) is 0 Å². The molecule has 2 amide bonds. The van der Waals surface area contributed by atoms with Crippen molar-refractivity contribution in [1.82, 2.24) is 24.1 Å². The van der Waals surface area contributed by atoms with Crippen molar-refractivity contribution in [3.63, 3.8) is 0 Å². The van der Waals surface area contributed by atoms with Crippen molar-refractivity contribution in [1.29, 1.82) is 0 Å². The molecule has 0 saturated carbocycles. The lowest BCUT2D eigenvalue weighted by Gasteiger charge is -2.27. The van der Waals surface area contributed by atoms with E-state index in [1.165, 1.54) is 6.07 Å². The van der Waals surface area contributed by atoms with Crippen molar-refractivity contribution in [2.24, 2.45) is 7.05 Å². The van der Waals surface area contributed by atoms with Crippen LogP contribution in [-0.2, 0) is 11.8 Å². The molecule has 0 radical (unpaired) electrons. The first-order valence-electron chi connectivity index (χ1n) is 12.4. The third-order valence-electron chi connectivity index (χ3n) is 6.54. The van der Waals surface area contributed by atoms with Crippen molar-refractivity contribution in [3.8, 4) is 5.75 Å². The number of benzene rings is 1. The van der Waals surface area contributed by atoms with E-state index in [1.54, 1.807) is 26.2 Å². The monoisotopic (exact) mass is 518 g/mol. The normalized spacial score (nSPS) is 14.2. The number of aromatic nitrogens is 4. The van der Waals surface area contributed by atoms with Crippen LogP contribution in [0.1, 0.15) is 42.5 Å². The molecule has 5 rings (SSSR count). The van der Waals surface area contributed by atoms with Gasteiger partial charge in [0, 0.05) is 37.3 Å². The maximum absolute atomic E-state index is 13.3. The highest BCUT2D eigenvalue weighted by molar-refractivity contribution is 6.13. The Morgan fingerprint density at radius 1 is 1.18 bits per heavy atom. The van der Waals surface area contributed by atoms with Crippen LogP contribution in [-0.4, -0.2) is 77.2 Å². The summed E-state index contributed by atoms with van der Waals surface area (Å²) in [5, 5.41) is 18.7. The van der Waals surface area contributed by atoms with Crippen molar-refractivity contribution >= 4 is 46.1 Å². The average Bonchev–Trinajstić information content (AvgIpc) is 3.37. The van der Waals surface area contributed by atoms with Crippen molar-refractivity contribution in [2.45, 2.75) is 40.2 Å². The third-order valence-corrected chi connectivity index (χ3v) is 6.54. The van der Waals surface area contributed by atoms with Gasteiger partial charge in [0.05, 0.1) is 28.9 Å². The number of fused-ring (bicyclic) bond motifs is 2. The molecule has 0 saturated heterocycles. The molecule has 2 N–H and O–H groups in total. The van der Waals surface area contributed by atoms with Crippen LogP contribution in [0, 0.1) is 13.8 Å². The molecule has 0 bridgehead atoms. The first kappa shape index (κ1) is 25.2. The van der Waals surface area contributed by atoms with Gasteiger partial charge in [0.1, 0.15) is 17.7 Å². The lowest BCUT2D eigenvalue weighted by molar-refractivity contribution is -0.440. The number of aryl methyl sites for hydroxylation is 3. The Hall–Kier alpha value is -4.41. The summed E-state index contributed by atoms with van der Waals surface area (Å²) in [6.07, 6.45) is 5.23. The quantitative estimate of drug-likeness (QED) is 0.399. The topological polar surface area (TPSA) is 117 Å². The van der Waals surface area contributed by atoms with Crippen LogP contribution in [0.15, 0.2) is 30.6 Å². The maximum Gasteiger partial charge on any atom is 0.411 e. The lowest BCUT2D eigenvalue weighted by Crippen LogP contribution is -2.44. The smallest absolute Gasteiger partial charge is 0.411 e. The molecule has 3 aromatic heterocycles. The van der Waals surface area contributed by atoms with Gasteiger partial charge in [-0.2, -0.15) is 9.67 Å². The predicted molar refractivity (Wildman–Crippen MR) is 144 cm³/mol. The van der Waals surface area contributed by atoms with E-state index >= 15 is 0 Å². The van der Waals surface area contributed by atoms with E-state index in [1.807, 2.05) is 60.1 Å². The minimum absolute atomic E-state index is 0.0154. The Labute approximate surface area is 219 Å². The second-order valence-corrected chi connectivity index (χ2v) is 10.5. The number of hydrogen-bond donors (Lipinski definition) is 2. The molecule has 1 aliphatic heterocycles. The summed E-state index contributed by atoms with van der Waals surface area (Å²) in [5.74, 6) is -0.356. The van der Waals surface area contributed by atoms with Crippen LogP contribution in [0.25, 0.3) is 16.6 Å². The number of carbonyl (C=O) groups excluding carboxylic acids is 2. The number of imidazole rings is 1. The molecular formula is C27H32N7O4+. The summed E-state index contributed by atoms with van der Waals surface area (Å²) < 4.78 is 11.0. The van der Waals surface area contributed by atoms with Crippen molar-refractivity contribution in [2.75, 3.05) is 25.0 Å². The van der Waals surface area contributed by atoms with Crippen LogP contribution < -0.4 is 5.32 Å². The Morgan fingerprint density at radius 2 is 1.95 bits per heavy atom. The SMILES string of the molecule is Cc1nc2c(O)cc(NC(=O)c3ccc([N+]4=CCN(C(=O)OC(C)(C)C)CC4)c4cn(C)nc34)cn2c1C. The van der Waals surface area contributed by atoms with Gasteiger partial charge >= 0.3 is 6.09 Å². The van der Waals surface area contributed by atoms with Crippen molar-refractivity contribution in [3.05, 3.63) is 47.5 Å². The summed E-state index contributed by atoms with van der Waals surface area (Å²) in [6, 6.07) is 5.13. The highest BCUT2D eigenvalue weighted by Crippen LogP contribution is 2.30. The Bertz CT molecular complexity index is 1620. The molecule has 4 heterocycles.